The Morgan fingerprint density at radius 1 is 1.43 bits per heavy atom. The van der Waals surface area contributed by atoms with Crippen LogP contribution in [0, 0.1) is 11.3 Å². The summed E-state index contributed by atoms with van der Waals surface area (Å²) >= 11 is 1.45. The summed E-state index contributed by atoms with van der Waals surface area (Å²) in [5, 5.41) is 5.80. The van der Waals surface area contributed by atoms with Crippen LogP contribution in [0.2, 0.25) is 0 Å². The summed E-state index contributed by atoms with van der Waals surface area (Å²) in [6, 6.07) is 0.263. The Labute approximate surface area is 137 Å². The number of thiazole rings is 1. The monoisotopic (exact) mass is 331 g/mol. The summed E-state index contributed by atoms with van der Waals surface area (Å²) in [6.07, 6.45) is 4.73. The molecule has 1 aliphatic rings. The van der Waals surface area contributed by atoms with Crippen molar-refractivity contribution < 1.29 is 4.79 Å². The van der Waals surface area contributed by atoms with Gasteiger partial charge in [0.2, 0.25) is 0 Å². The van der Waals surface area contributed by atoms with Gasteiger partial charge < -0.3 is 11.1 Å². The van der Waals surface area contributed by atoms with E-state index in [1.807, 2.05) is 0 Å². The van der Waals surface area contributed by atoms with Crippen molar-refractivity contribution in [3.8, 4) is 0 Å². The lowest BCUT2D eigenvalue weighted by atomic mass is 9.69. The number of hydrogen-bond acceptors (Lipinski definition) is 4. The van der Waals surface area contributed by atoms with Crippen LogP contribution in [0.4, 0.5) is 0 Å². The molecule has 1 aliphatic carbocycles. The molecule has 6 heteroatoms. The molecule has 0 saturated heterocycles. The fourth-order valence-corrected chi connectivity index (χ4v) is 3.75. The maximum Gasteiger partial charge on any atom is 0.270 e. The van der Waals surface area contributed by atoms with Gasteiger partial charge >= 0.3 is 0 Å². The van der Waals surface area contributed by atoms with Crippen molar-refractivity contribution in [3.05, 3.63) is 16.1 Å². The number of halogens is 1. The van der Waals surface area contributed by atoms with Crippen molar-refractivity contribution in [3.63, 3.8) is 0 Å². The zero-order chi connectivity index (χ0) is 14.8. The fraction of sp³-hybridized carbons (Fsp3) is 0.733. The van der Waals surface area contributed by atoms with Gasteiger partial charge in [0.25, 0.3) is 5.91 Å². The summed E-state index contributed by atoms with van der Waals surface area (Å²) < 4.78 is 0. The van der Waals surface area contributed by atoms with Crippen molar-refractivity contribution in [1.29, 1.82) is 0 Å². The number of hydrogen-bond donors (Lipinski definition) is 2. The number of nitrogens with one attached hydrogen (secondary N) is 1. The summed E-state index contributed by atoms with van der Waals surface area (Å²) in [5.41, 5.74) is 6.28. The molecule has 2 unspecified atom stereocenters. The van der Waals surface area contributed by atoms with Crippen LogP contribution in [0.5, 0.6) is 0 Å². The lowest BCUT2D eigenvalue weighted by Crippen LogP contribution is -2.46. The molecular formula is C15H26ClN3OS. The van der Waals surface area contributed by atoms with Gasteiger partial charge in [-0.25, -0.2) is 4.98 Å². The molecule has 1 aromatic rings. The number of nitrogens with two attached hydrogens (primary N) is 1. The maximum absolute atomic E-state index is 12.3. The normalized spacial score (nSPS) is 22.5. The molecule has 1 heterocycles. The highest BCUT2D eigenvalue weighted by molar-refractivity contribution is 7.09. The van der Waals surface area contributed by atoms with Crippen LogP contribution in [-0.4, -0.2) is 16.9 Å². The molecule has 0 radical (unpaired) electrons. The molecule has 1 aromatic heterocycles. The number of carbonyl (C=O) groups excluding carboxylic acids is 1. The largest absolute Gasteiger partial charge is 0.348 e. The van der Waals surface area contributed by atoms with E-state index in [1.54, 1.807) is 5.38 Å². The molecule has 21 heavy (non-hydrogen) atoms. The predicted octanol–water partition coefficient (Wildman–Crippen LogP) is 3.36. The van der Waals surface area contributed by atoms with E-state index in [0.29, 0.717) is 18.2 Å². The Bertz CT molecular complexity index is 470. The smallest absolute Gasteiger partial charge is 0.270 e. The van der Waals surface area contributed by atoms with E-state index in [1.165, 1.54) is 30.6 Å². The topological polar surface area (TPSA) is 68.0 Å². The Morgan fingerprint density at radius 3 is 2.67 bits per heavy atom. The van der Waals surface area contributed by atoms with E-state index in [4.69, 9.17) is 5.73 Å². The van der Waals surface area contributed by atoms with E-state index in [2.05, 4.69) is 31.1 Å². The second kappa shape index (κ2) is 7.56. The Kier molecular flexibility index (Phi) is 6.63. The van der Waals surface area contributed by atoms with Gasteiger partial charge in [0.1, 0.15) is 10.7 Å². The standard InChI is InChI=1S/C15H25N3OS.ClH/c1-15(2,3)10-6-4-5-7-11(10)18-14(19)12-9-20-13(8-16)17-12;/h9-11H,4-8,16H2,1-3H3,(H,18,19);1H. The Balaban J connectivity index is 0.00000220. The molecule has 1 amide bonds. The maximum atomic E-state index is 12.3. The van der Waals surface area contributed by atoms with Crippen molar-refractivity contribution in [1.82, 2.24) is 10.3 Å². The Hall–Kier alpha value is -0.650. The Morgan fingerprint density at radius 2 is 2.10 bits per heavy atom. The molecule has 2 rings (SSSR count). The first-order valence-electron chi connectivity index (χ1n) is 7.37. The molecule has 0 aliphatic heterocycles. The van der Waals surface area contributed by atoms with E-state index >= 15 is 0 Å². The molecule has 1 fully saturated rings. The minimum Gasteiger partial charge on any atom is -0.348 e. The van der Waals surface area contributed by atoms with E-state index in [9.17, 15) is 4.79 Å². The van der Waals surface area contributed by atoms with Crippen molar-refractivity contribution in [2.75, 3.05) is 0 Å². The van der Waals surface area contributed by atoms with Crippen molar-refractivity contribution in [2.45, 2.75) is 59.0 Å². The quantitative estimate of drug-likeness (QED) is 0.892. The zero-order valence-corrected chi connectivity index (χ0v) is 14.6. The third kappa shape index (κ3) is 4.66. The first kappa shape index (κ1) is 18.4. The van der Waals surface area contributed by atoms with Gasteiger partial charge in [-0.3, -0.25) is 4.79 Å². The number of rotatable bonds is 3. The molecule has 2 atom stereocenters. The van der Waals surface area contributed by atoms with Crippen molar-refractivity contribution in [2.24, 2.45) is 17.1 Å². The van der Waals surface area contributed by atoms with Crippen LogP contribution in [0.15, 0.2) is 5.38 Å². The highest BCUT2D eigenvalue weighted by Gasteiger charge is 2.35. The summed E-state index contributed by atoms with van der Waals surface area (Å²) in [5.74, 6) is 0.481. The van der Waals surface area contributed by atoms with Gasteiger partial charge in [-0.1, -0.05) is 33.6 Å². The second-order valence-corrected chi connectivity index (χ2v) is 7.61. The van der Waals surface area contributed by atoms with Crippen LogP contribution in [-0.2, 0) is 6.54 Å². The lowest BCUT2D eigenvalue weighted by Gasteiger charge is -2.40. The van der Waals surface area contributed by atoms with Crippen LogP contribution in [0.3, 0.4) is 0 Å². The van der Waals surface area contributed by atoms with E-state index < -0.39 is 0 Å². The van der Waals surface area contributed by atoms with E-state index in [-0.39, 0.29) is 29.8 Å². The van der Waals surface area contributed by atoms with Crippen LogP contribution in [0.25, 0.3) is 0 Å². The van der Waals surface area contributed by atoms with Gasteiger partial charge in [-0.2, -0.15) is 0 Å². The average Bonchev–Trinajstić information content (AvgIpc) is 2.87. The molecule has 3 N–H and O–H groups in total. The highest BCUT2D eigenvalue weighted by Crippen LogP contribution is 2.38. The van der Waals surface area contributed by atoms with Crippen molar-refractivity contribution >= 4 is 29.7 Å². The lowest BCUT2D eigenvalue weighted by molar-refractivity contribution is 0.0826. The van der Waals surface area contributed by atoms with Crippen LogP contribution >= 0.6 is 23.7 Å². The highest BCUT2D eigenvalue weighted by atomic mass is 35.5. The fourth-order valence-electron chi connectivity index (χ4n) is 3.09. The number of carbonyl (C=O) groups is 1. The summed E-state index contributed by atoms with van der Waals surface area (Å²) in [4.78, 5) is 16.6. The molecule has 4 nitrogen and oxygen atoms in total. The number of nitrogens with zero attached hydrogens (tertiary/aromatic N) is 1. The zero-order valence-electron chi connectivity index (χ0n) is 13.0. The van der Waals surface area contributed by atoms with E-state index in [0.717, 1.165) is 11.4 Å². The third-order valence-electron chi connectivity index (χ3n) is 4.15. The average molecular weight is 332 g/mol. The predicted molar refractivity (Wildman–Crippen MR) is 89.9 cm³/mol. The van der Waals surface area contributed by atoms with Gasteiger partial charge in [0.05, 0.1) is 0 Å². The molecule has 0 aromatic carbocycles. The summed E-state index contributed by atoms with van der Waals surface area (Å²) in [6.45, 7) is 7.18. The van der Waals surface area contributed by atoms with Crippen LogP contribution < -0.4 is 11.1 Å². The van der Waals surface area contributed by atoms with Crippen LogP contribution in [0.1, 0.15) is 62.0 Å². The van der Waals surface area contributed by atoms with Gasteiger partial charge in [0.15, 0.2) is 0 Å². The molecule has 0 bridgehead atoms. The molecular weight excluding hydrogens is 306 g/mol. The molecule has 120 valence electrons. The number of aromatic nitrogens is 1. The first-order valence-corrected chi connectivity index (χ1v) is 8.25. The van der Waals surface area contributed by atoms with Gasteiger partial charge in [0, 0.05) is 18.0 Å². The minimum atomic E-state index is -0.0536. The first-order chi connectivity index (χ1) is 9.41. The van der Waals surface area contributed by atoms with Gasteiger partial charge in [-0.15, -0.1) is 23.7 Å². The van der Waals surface area contributed by atoms with Gasteiger partial charge in [-0.05, 0) is 24.2 Å². The molecule has 0 spiro atoms. The molecule has 1 saturated carbocycles. The third-order valence-corrected chi connectivity index (χ3v) is 5.02. The summed E-state index contributed by atoms with van der Waals surface area (Å²) in [7, 11) is 0. The number of amides is 1. The minimum absolute atomic E-state index is 0. The SMILES string of the molecule is CC(C)(C)C1CCCCC1NC(=O)c1csc(CN)n1.Cl. The second-order valence-electron chi connectivity index (χ2n) is 6.67.